The molecule has 2 aromatic heterocycles. The first-order chi connectivity index (χ1) is 20.3. The summed E-state index contributed by atoms with van der Waals surface area (Å²) >= 11 is 2.26. The molecule has 12 heteroatoms. The Balaban J connectivity index is 1.31. The number of nitriles is 2. The molecule has 1 aliphatic heterocycles. The number of pyridine rings is 1. The number of benzene rings is 2. The molecule has 1 atom stereocenters. The zero-order valence-electron chi connectivity index (χ0n) is 21.6. The minimum Gasteiger partial charge on any atom is -0.454 e. The van der Waals surface area contributed by atoms with Crippen molar-refractivity contribution in [1.29, 1.82) is 10.5 Å². The van der Waals surface area contributed by atoms with Crippen molar-refractivity contribution >= 4 is 58.2 Å². The van der Waals surface area contributed by atoms with Gasteiger partial charge in [0.15, 0.2) is 12.4 Å². The molecule has 10 nitrogen and oxygen atoms in total. The fraction of sp³-hybridized carbons (Fsp3) is 0.100. The SMILES string of the molecule is N#Cc1c(N)nc(SC2CC(=O)N(c3ccc(C(=O)OCC(=O)c4ccccc4)cc3)C2=O)c(C#N)c1-c1cccs1. The largest absolute Gasteiger partial charge is 0.454 e. The first-order valence-electron chi connectivity index (χ1n) is 12.4. The number of esters is 1. The summed E-state index contributed by atoms with van der Waals surface area (Å²) in [6, 6.07) is 21.7. The Kier molecular flexibility index (Phi) is 8.11. The second-order valence-electron chi connectivity index (χ2n) is 8.92. The van der Waals surface area contributed by atoms with Crippen LogP contribution in [0.1, 0.15) is 38.3 Å². The van der Waals surface area contributed by atoms with Crippen LogP contribution in [0.2, 0.25) is 0 Å². The smallest absolute Gasteiger partial charge is 0.338 e. The lowest BCUT2D eigenvalue weighted by Crippen LogP contribution is -2.31. The number of hydrogen-bond acceptors (Lipinski definition) is 11. The molecule has 42 heavy (non-hydrogen) atoms. The first-order valence-corrected chi connectivity index (χ1v) is 14.1. The lowest BCUT2D eigenvalue weighted by molar-refractivity contribution is -0.121. The average molecular weight is 594 g/mol. The van der Waals surface area contributed by atoms with Crippen LogP contribution in [-0.2, 0) is 14.3 Å². The number of carbonyl (C=O) groups excluding carboxylic acids is 4. The number of amides is 2. The minimum absolute atomic E-state index is 0.0665. The van der Waals surface area contributed by atoms with E-state index < -0.39 is 29.6 Å². The standard InChI is InChI=1S/C30H19N5O5S2/c31-14-20-26(23-7-4-12-41-23)21(15-32)28(34-27(20)33)42-24-13-25(37)35(29(24)38)19-10-8-18(9-11-19)30(39)40-16-22(36)17-5-2-1-3-6-17/h1-12,24H,13,16H2,(H2,33,34). The number of anilines is 2. The van der Waals surface area contributed by atoms with E-state index >= 15 is 0 Å². The van der Waals surface area contributed by atoms with Gasteiger partial charge in [-0.05, 0) is 35.7 Å². The highest BCUT2D eigenvalue weighted by atomic mass is 32.2. The molecule has 0 radical (unpaired) electrons. The van der Waals surface area contributed by atoms with Crippen LogP contribution in [0.4, 0.5) is 11.5 Å². The van der Waals surface area contributed by atoms with E-state index in [9.17, 15) is 29.7 Å². The topological polar surface area (TPSA) is 167 Å². The van der Waals surface area contributed by atoms with Crippen LogP contribution in [0.3, 0.4) is 0 Å². The molecule has 0 aliphatic carbocycles. The third-order valence-electron chi connectivity index (χ3n) is 6.33. The zero-order valence-corrected chi connectivity index (χ0v) is 23.3. The van der Waals surface area contributed by atoms with Crippen LogP contribution >= 0.6 is 23.1 Å². The predicted octanol–water partition coefficient (Wildman–Crippen LogP) is 4.60. The fourth-order valence-corrected chi connectivity index (χ4v) is 6.22. The summed E-state index contributed by atoms with van der Waals surface area (Å²) in [5, 5.41) is 20.7. The van der Waals surface area contributed by atoms with Gasteiger partial charge in [-0.3, -0.25) is 14.4 Å². The van der Waals surface area contributed by atoms with Gasteiger partial charge in [0.05, 0.1) is 22.1 Å². The average Bonchev–Trinajstić information content (AvgIpc) is 3.63. The third-order valence-corrected chi connectivity index (χ3v) is 8.39. The maximum atomic E-state index is 13.3. The van der Waals surface area contributed by atoms with E-state index in [1.165, 1.54) is 35.6 Å². The molecule has 1 aliphatic rings. The van der Waals surface area contributed by atoms with Crippen molar-refractivity contribution in [1.82, 2.24) is 4.98 Å². The Hall–Kier alpha value is -5.30. The van der Waals surface area contributed by atoms with Crippen molar-refractivity contribution in [2.24, 2.45) is 0 Å². The van der Waals surface area contributed by atoms with Gasteiger partial charge in [0.25, 0.3) is 0 Å². The van der Waals surface area contributed by atoms with Gasteiger partial charge < -0.3 is 10.5 Å². The Morgan fingerprint density at radius 1 is 1.00 bits per heavy atom. The van der Waals surface area contributed by atoms with Gasteiger partial charge >= 0.3 is 5.97 Å². The molecule has 206 valence electrons. The number of carbonyl (C=O) groups is 4. The Labute approximate surface area is 248 Å². The summed E-state index contributed by atoms with van der Waals surface area (Å²) < 4.78 is 5.12. The molecule has 0 spiro atoms. The molecule has 0 saturated carbocycles. The van der Waals surface area contributed by atoms with Crippen LogP contribution < -0.4 is 10.6 Å². The summed E-state index contributed by atoms with van der Waals surface area (Å²) in [6.07, 6.45) is -0.157. The molecule has 1 saturated heterocycles. The van der Waals surface area contributed by atoms with Gasteiger partial charge in [-0.2, -0.15) is 10.5 Å². The molecule has 2 amide bonds. The Morgan fingerprint density at radius 3 is 2.36 bits per heavy atom. The van der Waals surface area contributed by atoms with Crippen molar-refractivity contribution < 1.29 is 23.9 Å². The summed E-state index contributed by atoms with van der Waals surface area (Å²) in [4.78, 5) is 56.8. The number of nitrogen functional groups attached to an aromatic ring is 1. The maximum Gasteiger partial charge on any atom is 0.338 e. The number of rotatable bonds is 8. The number of ether oxygens (including phenoxy) is 1. The van der Waals surface area contributed by atoms with Crippen LogP contribution in [-0.4, -0.2) is 40.4 Å². The number of nitrogens with two attached hydrogens (primary N) is 1. The quantitative estimate of drug-likeness (QED) is 0.173. The van der Waals surface area contributed by atoms with Crippen molar-refractivity contribution in [2.45, 2.75) is 16.7 Å². The molecule has 0 bridgehead atoms. The number of aromatic nitrogens is 1. The Morgan fingerprint density at radius 2 is 1.71 bits per heavy atom. The van der Waals surface area contributed by atoms with Crippen molar-refractivity contribution in [3.05, 3.63) is 94.4 Å². The predicted molar refractivity (Wildman–Crippen MR) is 156 cm³/mol. The molecule has 2 aromatic carbocycles. The van der Waals surface area contributed by atoms with E-state index in [0.29, 0.717) is 16.0 Å². The van der Waals surface area contributed by atoms with E-state index in [4.69, 9.17) is 10.5 Å². The molecule has 1 unspecified atom stereocenters. The maximum absolute atomic E-state index is 13.3. The van der Waals surface area contributed by atoms with E-state index in [2.05, 4.69) is 11.1 Å². The van der Waals surface area contributed by atoms with Crippen LogP contribution in [0.5, 0.6) is 0 Å². The first kappa shape index (κ1) is 28.2. The zero-order chi connectivity index (χ0) is 29.8. The summed E-state index contributed by atoms with van der Waals surface area (Å²) in [6.45, 7) is -0.431. The number of ketones is 1. The van der Waals surface area contributed by atoms with Crippen molar-refractivity contribution in [3.8, 4) is 22.6 Å². The van der Waals surface area contributed by atoms with Crippen LogP contribution in [0.25, 0.3) is 10.4 Å². The number of thioether (sulfide) groups is 1. The second kappa shape index (κ2) is 12.1. The highest BCUT2D eigenvalue weighted by Crippen LogP contribution is 2.41. The van der Waals surface area contributed by atoms with Gasteiger partial charge in [-0.25, -0.2) is 14.7 Å². The molecular formula is C30H19N5O5S2. The van der Waals surface area contributed by atoms with Crippen molar-refractivity contribution in [2.75, 3.05) is 17.2 Å². The lowest BCUT2D eigenvalue weighted by atomic mass is 10.0. The van der Waals surface area contributed by atoms with Gasteiger partial charge in [-0.1, -0.05) is 48.2 Å². The van der Waals surface area contributed by atoms with Crippen molar-refractivity contribution in [3.63, 3.8) is 0 Å². The molecule has 3 heterocycles. The number of hydrogen-bond donors (Lipinski definition) is 1. The van der Waals surface area contributed by atoms with Gasteiger partial charge in [-0.15, -0.1) is 11.3 Å². The molecule has 2 N–H and O–H groups in total. The highest BCUT2D eigenvalue weighted by molar-refractivity contribution is 8.00. The monoisotopic (exact) mass is 593 g/mol. The van der Waals surface area contributed by atoms with Gasteiger partial charge in [0, 0.05) is 22.4 Å². The Bertz CT molecular complexity index is 1790. The normalized spacial score (nSPS) is 14.3. The number of Topliss-reactive ketones (excluding diaryl/α,β-unsaturated/α-hetero) is 1. The van der Waals surface area contributed by atoms with Gasteiger partial charge in [0.2, 0.25) is 11.8 Å². The van der Waals surface area contributed by atoms with E-state index in [0.717, 1.165) is 16.7 Å². The minimum atomic E-state index is -0.894. The molecular weight excluding hydrogens is 574 g/mol. The molecule has 5 rings (SSSR count). The fourth-order valence-electron chi connectivity index (χ4n) is 4.32. The van der Waals surface area contributed by atoms with Gasteiger partial charge in [0.1, 0.15) is 28.5 Å². The van der Waals surface area contributed by atoms with Crippen LogP contribution in [0, 0.1) is 22.7 Å². The summed E-state index contributed by atoms with van der Waals surface area (Å²) in [7, 11) is 0. The van der Waals surface area contributed by atoms with E-state index in [1.54, 1.807) is 47.8 Å². The number of imide groups is 1. The molecule has 4 aromatic rings. The van der Waals surface area contributed by atoms with E-state index in [1.807, 2.05) is 6.07 Å². The third kappa shape index (κ3) is 5.49. The molecule has 1 fully saturated rings. The lowest BCUT2D eigenvalue weighted by Gasteiger charge is -2.16. The highest BCUT2D eigenvalue weighted by Gasteiger charge is 2.41. The van der Waals surface area contributed by atoms with E-state index in [-0.39, 0.29) is 45.4 Å². The summed E-state index contributed by atoms with van der Waals surface area (Å²) in [5.41, 5.74) is 7.36. The number of nitrogens with zero attached hydrogens (tertiary/aromatic N) is 4. The summed E-state index contributed by atoms with van der Waals surface area (Å²) in [5.74, 6) is -2.16. The number of thiophene rings is 1. The van der Waals surface area contributed by atoms with Crippen LogP contribution in [0.15, 0.2) is 77.1 Å². The second-order valence-corrected chi connectivity index (χ2v) is 11.1.